The van der Waals surface area contributed by atoms with Crippen LogP contribution in [0.15, 0.2) is 42.6 Å². The van der Waals surface area contributed by atoms with E-state index in [2.05, 4.69) is 5.32 Å². The molecule has 1 aromatic heterocycles. The molecule has 0 spiro atoms. The molecule has 2 aromatic rings. The molecule has 1 unspecified atom stereocenters. The standard InChI is InChI=1S/C18H21ClN2O4/c1-18(2,3)25-17(24)20-15(16(22)23)11-14-5-4-10-21(14)13-8-6-12(19)7-9-13/h4-10,15H,11H2,1-3H3,(H,20,24)(H,22,23). The van der Waals surface area contributed by atoms with Gasteiger partial charge >= 0.3 is 12.1 Å². The molecule has 0 aliphatic carbocycles. The van der Waals surface area contributed by atoms with E-state index in [-0.39, 0.29) is 6.42 Å². The minimum Gasteiger partial charge on any atom is -0.480 e. The third kappa shape index (κ3) is 5.53. The maximum atomic E-state index is 11.9. The van der Waals surface area contributed by atoms with E-state index >= 15 is 0 Å². The van der Waals surface area contributed by atoms with Crippen LogP contribution in [0.4, 0.5) is 4.79 Å². The molecule has 1 aromatic carbocycles. The zero-order valence-electron chi connectivity index (χ0n) is 14.3. The lowest BCUT2D eigenvalue weighted by molar-refractivity contribution is -0.139. The molecule has 1 amide bonds. The Hall–Kier alpha value is -2.47. The van der Waals surface area contributed by atoms with Gasteiger partial charge in [-0.05, 0) is 57.2 Å². The number of carbonyl (C=O) groups excluding carboxylic acids is 1. The van der Waals surface area contributed by atoms with Gasteiger partial charge in [-0.1, -0.05) is 11.6 Å². The molecule has 0 bridgehead atoms. The summed E-state index contributed by atoms with van der Waals surface area (Å²) in [5, 5.41) is 12.4. The first-order chi connectivity index (χ1) is 11.7. The zero-order valence-corrected chi connectivity index (χ0v) is 15.1. The van der Waals surface area contributed by atoms with Crippen LogP contribution in [0.1, 0.15) is 26.5 Å². The summed E-state index contributed by atoms with van der Waals surface area (Å²) >= 11 is 5.90. The summed E-state index contributed by atoms with van der Waals surface area (Å²) in [7, 11) is 0. The highest BCUT2D eigenvalue weighted by Crippen LogP contribution is 2.17. The number of benzene rings is 1. The molecule has 0 fully saturated rings. The second-order valence-corrected chi connectivity index (χ2v) is 7.02. The van der Waals surface area contributed by atoms with Crippen molar-refractivity contribution in [3.8, 4) is 5.69 Å². The Balaban J connectivity index is 2.16. The van der Waals surface area contributed by atoms with Crippen LogP contribution in [0.5, 0.6) is 0 Å². The quantitative estimate of drug-likeness (QED) is 0.848. The lowest BCUT2D eigenvalue weighted by Crippen LogP contribution is -2.44. The van der Waals surface area contributed by atoms with E-state index in [1.807, 2.05) is 29.0 Å². The first kappa shape index (κ1) is 18.9. The average Bonchev–Trinajstić information content (AvgIpc) is 2.93. The van der Waals surface area contributed by atoms with E-state index in [9.17, 15) is 14.7 Å². The molecule has 0 aliphatic heterocycles. The predicted molar refractivity (Wildman–Crippen MR) is 95.3 cm³/mol. The van der Waals surface area contributed by atoms with Gasteiger partial charge in [0.25, 0.3) is 0 Å². The van der Waals surface area contributed by atoms with Crippen LogP contribution in [0.25, 0.3) is 5.69 Å². The number of aromatic nitrogens is 1. The van der Waals surface area contributed by atoms with E-state index in [1.165, 1.54) is 0 Å². The number of amides is 1. The summed E-state index contributed by atoms with van der Waals surface area (Å²) < 4.78 is 6.98. The van der Waals surface area contributed by atoms with Crippen molar-refractivity contribution < 1.29 is 19.4 Å². The Morgan fingerprint density at radius 2 is 1.88 bits per heavy atom. The molecular formula is C18H21ClN2O4. The molecule has 6 nitrogen and oxygen atoms in total. The highest BCUT2D eigenvalue weighted by molar-refractivity contribution is 6.30. The monoisotopic (exact) mass is 364 g/mol. The van der Waals surface area contributed by atoms with Crippen molar-refractivity contribution in [1.82, 2.24) is 9.88 Å². The average molecular weight is 365 g/mol. The van der Waals surface area contributed by atoms with Gasteiger partial charge in [-0.15, -0.1) is 0 Å². The van der Waals surface area contributed by atoms with Crippen LogP contribution in [0, 0.1) is 0 Å². The highest BCUT2D eigenvalue weighted by atomic mass is 35.5. The molecule has 0 aliphatic rings. The van der Waals surface area contributed by atoms with Crippen molar-refractivity contribution in [2.24, 2.45) is 0 Å². The number of carbonyl (C=O) groups is 2. The smallest absolute Gasteiger partial charge is 0.408 e. The van der Waals surface area contributed by atoms with Crippen LogP contribution in [-0.4, -0.2) is 33.4 Å². The molecule has 134 valence electrons. The number of halogens is 1. The Kier molecular flexibility index (Phi) is 5.74. The SMILES string of the molecule is CC(C)(C)OC(=O)NC(Cc1cccn1-c1ccc(Cl)cc1)C(=O)O. The second-order valence-electron chi connectivity index (χ2n) is 6.59. The minimum absolute atomic E-state index is 0.115. The van der Waals surface area contributed by atoms with E-state index in [1.54, 1.807) is 39.0 Å². The fourth-order valence-corrected chi connectivity index (χ4v) is 2.42. The van der Waals surface area contributed by atoms with Crippen molar-refractivity contribution in [3.63, 3.8) is 0 Å². The van der Waals surface area contributed by atoms with Crippen molar-refractivity contribution >= 4 is 23.7 Å². The van der Waals surface area contributed by atoms with Crippen LogP contribution < -0.4 is 5.32 Å². The summed E-state index contributed by atoms with van der Waals surface area (Å²) in [4.78, 5) is 23.4. The molecule has 0 saturated carbocycles. The Morgan fingerprint density at radius 3 is 2.44 bits per heavy atom. The van der Waals surface area contributed by atoms with Crippen molar-refractivity contribution in [2.75, 3.05) is 0 Å². The molecule has 7 heteroatoms. The largest absolute Gasteiger partial charge is 0.480 e. The summed E-state index contributed by atoms with van der Waals surface area (Å²) in [6, 6.07) is 9.71. The van der Waals surface area contributed by atoms with E-state index in [0.717, 1.165) is 11.4 Å². The molecular weight excluding hydrogens is 344 g/mol. The summed E-state index contributed by atoms with van der Waals surface area (Å²) in [5.41, 5.74) is 0.896. The number of aliphatic carboxylic acids is 1. The van der Waals surface area contributed by atoms with Gasteiger partial charge in [0.05, 0.1) is 0 Å². The maximum Gasteiger partial charge on any atom is 0.408 e. The molecule has 2 N–H and O–H groups in total. The van der Waals surface area contributed by atoms with Crippen LogP contribution >= 0.6 is 11.6 Å². The van der Waals surface area contributed by atoms with E-state index in [4.69, 9.17) is 16.3 Å². The molecule has 0 radical (unpaired) electrons. The van der Waals surface area contributed by atoms with Gasteiger partial charge in [0, 0.05) is 29.0 Å². The van der Waals surface area contributed by atoms with Gasteiger partial charge in [-0.2, -0.15) is 0 Å². The van der Waals surface area contributed by atoms with Crippen molar-refractivity contribution in [1.29, 1.82) is 0 Å². The Labute approximate surface area is 151 Å². The molecule has 25 heavy (non-hydrogen) atoms. The van der Waals surface area contributed by atoms with Gasteiger partial charge in [-0.25, -0.2) is 9.59 Å². The minimum atomic E-state index is -1.13. The van der Waals surface area contributed by atoms with E-state index in [0.29, 0.717) is 5.02 Å². The highest BCUT2D eigenvalue weighted by Gasteiger charge is 2.25. The van der Waals surface area contributed by atoms with E-state index < -0.39 is 23.7 Å². The number of nitrogens with one attached hydrogen (secondary N) is 1. The molecule has 0 saturated heterocycles. The Bertz CT molecular complexity index is 747. The zero-order chi connectivity index (χ0) is 18.6. The summed E-state index contributed by atoms with van der Waals surface area (Å²) in [5.74, 6) is -1.13. The number of ether oxygens (including phenoxy) is 1. The van der Waals surface area contributed by atoms with Crippen LogP contribution in [-0.2, 0) is 16.0 Å². The van der Waals surface area contributed by atoms with Crippen LogP contribution in [0.3, 0.4) is 0 Å². The second kappa shape index (κ2) is 7.61. The number of hydrogen-bond acceptors (Lipinski definition) is 3. The lowest BCUT2D eigenvalue weighted by Gasteiger charge is -2.22. The number of hydrogen-bond donors (Lipinski definition) is 2. The first-order valence-corrected chi connectivity index (χ1v) is 8.18. The summed E-state index contributed by atoms with van der Waals surface area (Å²) in [6.45, 7) is 5.15. The van der Waals surface area contributed by atoms with Gasteiger partial charge in [0.1, 0.15) is 11.6 Å². The maximum absolute atomic E-state index is 11.9. The van der Waals surface area contributed by atoms with Gasteiger partial charge in [0.2, 0.25) is 0 Å². The number of carboxylic acids is 1. The summed E-state index contributed by atoms with van der Waals surface area (Å²) in [6.07, 6.45) is 1.18. The third-order valence-electron chi connectivity index (χ3n) is 3.34. The molecule has 1 atom stereocenters. The van der Waals surface area contributed by atoms with Gasteiger partial charge in [-0.3, -0.25) is 0 Å². The number of alkyl carbamates (subject to hydrolysis) is 1. The van der Waals surface area contributed by atoms with Crippen molar-refractivity contribution in [2.45, 2.75) is 38.8 Å². The number of nitrogens with zero attached hydrogens (tertiary/aromatic N) is 1. The normalized spacial score (nSPS) is 12.5. The van der Waals surface area contributed by atoms with Crippen LogP contribution in [0.2, 0.25) is 5.02 Å². The fraction of sp³-hybridized carbons (Fsp3) is 0.333. The number of rotatable bonds is 5. The topological polar surface area (TPSA) is 80.6 Å². The molecule has 1 heterocycles. The fourth-order valence-electron chi connectivity index (χ4n) is 2.30. The molecule has 2 rings (SSSR count). The van der Waals surface area contributed by atoms with Gasteiger partial charge < -0.3 is 19.7 Å². The van der Waals surface area contributed by atoms with Gasteiger partial charge in [0.15, 0.2) is 0 Å². The first-order valence-electron chi connectivity index (χ1n) is 7.80. The lowest BCUT2D eigenvalue weighted by atomic mass is 10.1. The van der Waals surface area contributed by atoms with Crippen molar-refractivity contribution in [3.05, 3.63) is 53.3 Å². The Morgan fingerprint density at radius 1 is 1.24 bits per heavy atom. The predicted octanol–water partition coefficient (Wildman–Crippen LogP) is 3.65. The number of carboxylic acid groups (broad SMARTS) is 1. The third-order valence-corrected chi connectivity index (χ3v) is 3.59.